The predicted octanol–water partition coefficient (Wildman–Crippen LogP) is 3.30. The van der Waals surface area contributed by atoms with Crippen LogP contribution < -0.4 is 9.64 Å². The molecule has 148 valence electrons. The van der Waals surface area contributed by atoms with Gasteiger partial charge >= 0.3 is 6.03 Å². The van der Waals surface area contributed by atoms with Gasteiger partial charge in [-0.25, -0.2) is 13.6 Å². The molecule has 0 saturated carbocycles. The SMILES string of the molecule is CCOc1ccc(N2C[C@H]3CN(C(=O)N4CCC(F)(F)CC4)C[C@H]3C2)cc1. The van der Waals surface area contributed by atoms with Crippen LogP contribution in [0.15, 0.2) is 24.3 Å². The predicted molar refractivity (Wildman–Crippen MR) is 99.5 cm³/mol. The van der Waals surface area contributed by atoms with Gasteiger partial charge in [0.1, 0.15) is 5.75 Å². The van der Waals surface area contributed by atoms with E-state index in [0.29, 0.717) is 18.4 Å². The van der Waals surface area contributed by atoms with Gasteiger partial charge in [-0.1, -0.05) is 0 Å². The highest BCUT2D eigenvalue weighted by Crippen LogP contribution is 2.35. The third kappa shape index (κ3) is 3.82. The Hall–Kier alpha value is -2.05. The van der Waals surface area contributed by atoms with E-state index in [0.717, 1.165) is 31.9 Å². The Kier molecular flexibility index (Phi) is 4.86. The number of anilines is 1. The zero-order valence-corrected chi connectivity index (χ0v) is 15.7. The molecule has 0 N–H and O–H groups in total. The average Bonchev–Trinajstić information content (AvgIpc) is 3.21. The van der Waals surface area contributed by atoms with Crippen molar-refractivity contribution in [1.82, 2.24) is 9.80 Å². The molecule has 3 aliphatic heterocycles. The Labute approximate surface area is 158 Å². The van der Waals surface area contributed by atoms with Crippen LogP contribution in [0.25, 0.3) is 0 Å². The van der Waals surface area contributed by atoms with Crippen molar-refractivity contribution in [2.24, 2.45) is 11.8 Å². The lowest BCUT2D eigenvalue weighted by atomic mass is 10.0. The molecule has 0 spiro atoms. The fourth-order valence-corrected chi connectivity index (χ4v) is 4.51. The maximum Gasteiger partial charge on any atom is 0.320 e. The Balaban J connectivity index is 1.31. The van der Waals surface area contributed by atoms with Crippen LogP contribution in [0.3, 0.4) is 0 Å². The average molecular weight is 379 g/mol. The first kappa shape index (κ1) is 18.3. The molecule has 4 rings (SSSR count). The van der Waals surface area contributed by atoms with Gasteiger partial charge in [0.05, 0.1) is 6.61 Å². The summed E-state index contributed by atoms with van der Waals surface area (Å²) in [5.41, 5.74) is 1.18. The van der Waals surface area contributed by atoms with Gasteiger partial charge in [0, 0.05) is 69.6 Å². The largest absolute Gasteiger partial charge is 0.494 e. The van der Waals surface area contributed by atoms with Crippen molar-refractivity contribution < 1.29 is 18.3 Å². The molecule has 0 aromatic heterocycles. The monoisotopic (exact) mass is 379 g/mol. The van der Waals surface area contributed by atoms with Crippen molar-refractivity contribution in [1.29, 1.82) is 0 Å². The topological polar surface area (TPSA) is 36.0 Å². The highest BCUT2D eigenvalue weighted by molar-refractivity contribution is 5.75. The van der Waals surface area contributed by atoms with Crippen molar-refractivity contribution in [3.05, 3.63) is 24.3 Å². The summed E-state index contributed by atoms with van der Waals surface area (Å²) in [6, 6.07) is 8.10. The minimum atomic E-state index is -2.61. The number of nitrogens with zero attached hydrogens (tertiary/aromatic N) is 3. The number of urea groups is 1. The second-order valence-electron chi connectivity index (χ2n) is 7.88. The molecule has 27 heavy (non-hydrogen) atoms. The summed E-state index contributed by atoms with van der Waals surface area (Å²) < 4.78 is 32.1. The number of hydrogen-bond donors (Lipinski definition) is 0. The van der Waals surface area contributed by atoms with Crippen molar-refractivity contribution in [3.63, 3.8) is 0 Å². The number of hydrogen-bond acceptors (Lipinski definition) is 3. The maximum absolute atomic E-state index is 13.3. The second-order valence-corrected chi connectivity index (χ2v) is 7.88. The quantitative estimate of drug-likeness (QED) is 0.809. The number of amides is 2. The minimum Gasteiger partial charge on any atom is -0.494 e. The van der Waals surface area contributed by atoms with Crippen LogP contribution in [-0.4, -0.2) is 67.6 Å². The van der Waals surface area contributed by atoms with Crippen LogP contribution in [0.4, 0.5) is 19.3 Å². The van der Waals surface area contributed by atoms with Crippen LogP contribution in [-0.2, 0) is 0 Å². The Morgan fingerprint density at radius 3 is 2.19 bits per heavy atom. The normalized spacial score (nSPS) is 27.0. The van der Waals surface area contributed by atoms with Crippen molar-refractivity contribution in [3.8, 4) is 5.75 Å². The van der Waals surface area contributed by atoms with Crippen LogP contribution in [0, 0.1) is 11.8 Å². The number of benzene rings is 1. The molecule has 0 unspecified atom stereocenters. The standard InChI is InChI=1S/C20H27F2N3O2/c1-2-27-18-5-3-17(4-6-18)24-11-15-13-25(14-16(15)12-24)19(26)23-9-7-20(21,22)8-10-23/h3-6,15-16H,2,7-14H2,1H3/t15-,16+. The Morgan fingerprint density at radius 2 is 1.63 bits per heavy atom. The number of carbonyl (C=O) groups excluding carboxylic acids is 1. The molecule has 1 aromatic carbocycles. The van der Waals surface area contributed by atoms with Gasteiger partial charge < -0.3 is 19.4 Å². The van der Waals surface area contributed by atoms with E-state index in [1.165, 1.54) is 5.69 Å². The summed E-state index contributed by atoms with van der Waals surface area (Å²) in [6.45, 7) is 6.27. The summed E-state index contributed by atoms with van der Waals surface area (Å²) in [5, 5.41) is 0. The van der Waals surface area contributed by atoms with Crippen LogP contribution >= 0.6 is 0 Å². The molecular weight excluding hydrogens is 352 g/mol. The molecule has 3 fully saturated rings. The summed E-state index contributed by atoms with van der Waals surface area (Å²) in [6.07, 6.45) is -0.435. The smallest absolute Gasteiger partial charge is 0.320 e. The van der Waals surface area contributed by atoms with Crippen LogP contribution in [0.2, 0.25) is 0 Å². The highest BCUT2D eigenvalue weighted by atomic mass is 19.3. The first-order valence-corrected chi connectivity index (χ1v) is 9.84. The zero-order valence-electron chi connectivity index (χ0n) is 15.7. The zero-order chi connectivity index (χ0) is 19.0. The second kappa shape index (κ2) is 7.17. The van der Waals surface area contributed by atoms with E-state index in [1.807, 2.05) is 24.0 Å². The number of fused-ring (bicyclic) bond motifs is 1. The summed E-state index contributed by atoms with van der Waals surface area (Å²) in [4.78, 5) is 18.5. The molecule has 5 nitrogen and oxygen atoms in total. The Morgan fingerprint density at radius 1 is 1.04 bits per heavy atom. The van der Waals surface area contributed by atoms with Gasteiger partial charge in [0.15, 0.2) is 0 Å². The number of carbonyl (C=O) groups is 1. The molecule has 2 amide bonds. The van der Waals surface area contributed by atoms with Crippen molar-refractivity contribution >= 4 is 11.7 Å². The lowest BCUT2D eigenvalue weighted by Crippen LogP contribution is -2.48. The number of alkyl halides is 2. The summed E-state index contributed by atoms with van der Waals surface area (Å²) in [7, 11) is 0. The van der Waals surface area contributed by atoms with E-state index in [9.17, 15) is 13.6 Å². The fourth-order valence-electron chi connectivity index (χ4n) is 4.51. The molecule has 7 heteroatoms. The molecule has 2 atom stereocenters. The number of piperidine rings is 1. The van der Waals surface area contributed by atoms with Gasteiger partial charge in [0.2, 0.25) is 0 Å². The fraction of sp³-hybridized carbons (Fsp3) is 0.650. The van der Waals surface area contributed by atoms with Gasteiger partial charge in [0.25, 0.3) is 5.92 Å². The molecule has 1 aromatic rings. The number of likely N-dealkylation sites (tertiary alicyclic amines) is 2. The first-order valence-electron chi connectivity index (χ1n) is 9.84. The minimum absolute atomic E-state index is 0.0625. The molecule has 0 aliphatic carbocycles. The van der Waals surface area contributed by atoms with Crippen LogP contribution in [0.1, 0.15) is 19.8 Å². The maximum atomic E-state index is 13.3. The van der Waals surface area contributed by atoms with Gasteiger partial charge in [-0.2, -0.15) is 0 Å². The molecule has 3 aliphatic rings. The van der Waals surface area contributed by atoms with E-state index in [-0.39, 0.29) is 32.0 Å². The summed E-state index contributed by atoms with van der Waals surface area (Å²) in [5.74, 6) is -0.834. The molecule has 0 bridgehead atoms. The van der Waals surface area contributed by atoms with Gasteiger partial charge in [-0.15, -0.1) is 0 Å². The lowest BCUT2D eigenvalue weighted by Gasteiger charge is -2.34. The highest BCUT2D eigenvalue weighted by Gasteiger charge is 2.44. The molecule has 0 radical (unpaired) electrons. The van der Waals surface area contributed by atoms with Gasteiger partial charge in [-0.05, 0) is 31.2 Å². The van der Waals surface area contributed by atoms with Crippen LogP contribution in [0.5, 0.6) is 5.75 Å². The summed E-state index contributed by atoms with van der Waals surface area (Å²) >= 11 is 0. The molecule has 3 saturated heterocycles. The van der Waals surface area contributed by atoms with E-state index < -0.39 is 5.92 Å². The number of halogens is 2. The number of ether oxygens (including phenoxy) is 1. The van der Waals surface area contributed by atoms with Crippen molar-refractivity contribution in [2.45, 2.75) is 25.7 Å². The van der Waals surface area contributed by atoms with E-state index in [1.54, 1.807) is 4.90 Å². The lowest BCUT2D eigenvalue weighted by molar-refractivity contribution is -0.0489. The first-order chi connectivity index (χ1) is 12.9. The van der Waals surface area contributed by atoms with Crippen molar-refractivity contribution in [2.75, 3.05) is 50.8 Å². The van der Waals surface area contributed by atoms with E-state index in [2.05, 4.69) is 17.0 Å². The van der Waals surface area contributed by atoms with E-state index in [4.69, 9.17) is 4.74 Å². The molecule has 3 heterocycles. The van der Waals surface area contributed by atoms with E-state index >= 15 is 0 Å². The third-order valence-electron chi connectivity index (χ3n) is 6.04. The number of rotatable bonds is 3. The third-order valence-corrected chi connectivity index (χ3v) is 6.04. The van der Waals surface area contributed by atoms with Gasteiger partial charge in [-0.3, -0.25) is 0 Å². The molecular formula is C20H27F2N3O2. The Bertz CT molecular complexity index is 658.